The molecule has 1 spiro atoms. The minimum Gasteiger partial charge on any atom is -0.392 e. The van der Waals surface area contributed by atoms with Gasteiger partial charge in [-0.2, -0.15) is 0 Å². The highest BCUT2D eigenvalue weighted by atomic mass is 16.6. The number of aliphatic hydroxyl groups is 1. The molecule has 0 amide bonds. The Morgan fingerprint density at radius 2 is 2.33 bits per heavy atom. The Hall–Kier alpha value is -1.53. The van der Waals surface area contributed by atoms with Crippen molar-refractivity contribution in [2.45, 2.75) is 36.9 Å². The summed E-state index contributed by atoms with van der Waals surface area (Å²) >= 11 is 0. The first-order valence-corrected chi connectivity index (χ1v) is 6.04. The maximum Gasteiger partial charge on any atom is 0.291 e. The molecule has 1 saturated heterocycles. The summed E-state index contributed by atoms with van der Waals surface area (Å²) in [7, 11) is 0. The SMILES string of the molecule is O=[N+]([O-])c1cnccc1C1C(O)CCOC12CC2. The molecule has 6 heteroatoms. The average molecular weight is 250 g/mol. The van der Waals surface area contributed by atoms with Gasteiger partial charge in [-0.1, -0.05) is 0 Å². The van der Waals surface area contributed by atoms with E-state index in [1.807, 2.05) is 0 Å². The van der Waals surface area contributed by atoms with Crippen molar-refractivity contribution in [2.24, 2.45) is 0 Å². The van der Waals surface area contributed by atoms with Gasteiger partial charge in [-0.05, 0) is 25.3 Å². The molecule has 18 heavy (non-hydrogen) atoms. The normalized spacial score (nSPS) is 29.2. The molecule has 1 aromatic rings. The quantitative estimate of drug-likeness (QED) is 0.633. The number of hydrogen-bond donors (Lipinski definition) is 1. The Bertz CT molecular complexity index is 487. The summed E-state index contributed by atoms with van der Waals surface area (Å²) in [6, 6.07) is 1.63. The lowest BCUT2D eigenvalue weighted by molar-refractivity contribution is -0.386. The zero-order valence-electron chi connectivity index (χ0n) is 9.78. The predicted molar refractivity (Wildman–Crippen MR) is 62.2 cm³/mol. The van der Waals surface area contributed by atoms with Gasteiger partial charge in [-0.25, -0.2) is 0 Å². The van der Waals surface area contributed by atoms with Crippen molar-refractivity contribution in [1.82, 2.24) is 4.98 Å². The second-order valence-electron chi connectivity index (χ2n) is 4.94. The Morgan fingerprint density at radius 3 is 3.00 bits per heavy atom. The van der Waals surface area contributed by atoms with E-state index in [1.54, 1.807) is 6.07 Å². The molecule has 1 N–H and O–H groups in total. The first-order valence-electron chi connectivity index (χ1n) is 6.04. The van der Waals surface area contributed by atoms with Gasteiger partial charge >= 0.3 is 0 Å². The largest absolute Gasteiger partial charge is 0.392 e. The van der Waals surface area contributed by atoms with E-state index in [-0.39, 0.29) is 17.2 Å². The van der Waals surface area contributed by atoms with E-state index < -0.39 is 11.0 Å². The molecule has 96 valence electrons. The van der Waals surface area contributed by atoms with Gasteiger partial charge in [-0.3, -0.25) is 15.1 Å². The molecule has 1 aromatic heterocycles. The zero-order chi connectivity index (χ0) is 12.8. The summed E-state index contributed by atoms with van der Waals surface area (Å²) in [5, 5.41) is 21.2. The molecule has 2 unspecified atom stereocenters. The minimum atomic E-state index is -0.581. The molecule has 2 aliphatic rings. The number of nitro groups is 1. The number of pyridine rings is 1. The summed E-state index contributed by atoms with van der Waals surface area (Å²) < 4.78 is 5.75. The Morgan fingerprint density at radius 1 is 1.56 bits per heavy atom. The van der Waals surface area contributed by atoms with Crippen LogP contribution < -0.4 is 0 Å². The Balaban J connectivity index is 2.05. The van der Waals surface area contributed by atoms with Crippen molar-refractivity contribution in [3.63, 3.8) is 0 Å². The second kappa shape index (κ2) is 4.00. The molecular weight excluding hydrogens is 236 g/mol. The monoisotopic (exact) mass is 250 g/mol. The molecule has 2 atom stereocenters. The van der Waals surface area contributed by atoms with Crippen LogP contribution in [0.5, 0.6) is 0 Å². The number of aliphatic hydroxyl groups excluding tert-OH is 1. The van der Waals surface area contributed by atoms with E-state index in [1.165, 1.54) is 12.4 Å². The van der Waals surface area contributed by atoms with Gasteiger partial charge in [0.1, 0.15) is 6.20 Å². The molecule has 0 aromatic carbocycles. The highest BCUT2D eigenvalue weighted by molar-refractivity contribution is 5.43. The molecule has 1 aliphatic heterocycles. The summed E-state index contributed by atoms with van der Waals surface area (Å²) in [6.07, 6.45) is 4.42. The van der Waals surface area contributed by atoms with Crippen LogP contribution in [0.2, 0.25) is 0 Å². The van der Waals surface area contributed by atoms with Crippen LogP contribution in [0.15, 0.2) is 18.5 Å². The van der Waals surface area contributed by atoms with E-state index >= 15 is 0 Å². The number of nitrogens with zero attached hydrogens (tertiary/aromatic N) is 2. The summed E-state index contributed by atoms with van der Waals surface area (Å²) in [4.78, 5) is 14.4. The van der Waals surface area contributed by atoms with Gasteiger partial charge in [0, 0.05) is 24.3 Å². The second-order valence-corrected chi connectivity index (χ2v) is 4.94. The first-order chi connectivity index (χ1) is 8.64. The fourth-order valence-corrected chi connectivity index (χ4v) is 2.87. The van der Waals surface area contributed by atoms with Crippen molar-refractivity contribution >= 4 is 5.69 Å². The Labute approximate surface area is 104 Å². The fraction of sp³-hybridized carbons (Fsp3) is 0.583. The molecule has 1 saturated carbocycles. The summed E-state index contributed by atoms with van der Waals surface area (Å²) in [5.41, 5.74) is 0.127. The lowest BCUT2D eigenvalue weighted by Gasteiger charge is -2.36. The van der Waals surface area contributed by atoms with Crippen molar-refractivity contribution in [3.8, 4) is 0 Å². The molecule has 2 heterocycles. The van der Waals surface area contributed by atoms with Crippen molar-refractivity contribution in [1.29, 1.82) is 0 Å². The topological polar surface area (TPSA) is 85.5 Å². The van der Waals surface area contributed by atoms with Gasteiger partial charge in [0.2, 0.25) is 0 Å². The maximum absolute atomic E-state index is 11.0. The number of rotatable bonds is 2. The molecule has 2 fully saturated rings. The van der Waals surface area contributed by atoms with Crippen LogP contribution in [-0.4, -0.2) is 33.3 Å². The van der Waals surface area contributed by atoms with E-state index in [9.17, 15) is 15.2 Å². The predicted octanol–water partition coefficient (Wildman–Crippen LogP) is 1.39. The standard InChI is InChI=1S/C12H14N2O4/c15-10-2-6-18-12(3-4-12)11(10)8-1-5-13-7-9(8)14(16)17/h1,5,7,10-11,15H,2-4,6H2. The third kappa shape index (κ3) is 1.69. The average Bonchev–Trinajstić information content (AvgIpc) is 3.09. The van der Waals surface area contributed by atoms with Gasteiger partial charge in [0.15, 0.2) is 0 Å². The van der Waals surface area contributed by atoms with Gasteiger partial charge < -0.3 is 9.84 Å². The van der Waals surface area contributed by atoms with Crippen LogP contribution in [-0.2, 0) is 4.74 Å². The van der Waals surface area contributed by atoms with Crippen LogP contribution in [0.4, 0.5) is 5.69 Å². The summed E-state index contributed by atoms with van der Waals surface area (Å²) in [6.45, 7) is 0.524. The highest BCUT2D eigenvalue weighted by Gasteiger charge is 2.57. The molecular formula is C12H14N2O4. The van der Waals surface area contributed by atoms with E-state index in [0.717, 1.165) is 12.8 Å². The zero-order valence-corrected chi connectivity index (χ0v) is 9.78. The van der Waals surface area contributed by atoms with Crippen LogP contribution in [0.25, 0.3) is 0 Å². The molecule has 6 nitrogen and oxygen atoms in total. The lowest BCUT2D eigenvalue weighted by atomic mass is 9.83. The van der Waals surface area contributed by atoms with Crippen LogP contribution >= 0.6 is 0 Å². The van der Waals surface area contributed by atoms with Crippen molar-refractivity contribution < 1.29 is 14.8 Å². The van der Waals surface area contributed by atoms with Crippen LogP contribution in [0, 0.1) is 10.1 Å². The highest BCUT2D eigenvalue weighted by Crippen LogP contribution is 2.55. The van der Waals surface area contributed by atoms with Crippen molar-refractivity contribution in [2.75, 3.05) is 6.61 Å². The van der Waals surface area contributed by atoms with E-state index in [4.69, 9.17) is 4.74 Å². The number of hydrogen-bond acceptors (Lipinski definition) is 5. The maximum atomic E-state index is 11.0. The van der Waals surface area contributed by atoms with E-state index in [0.29, 0.717) is 18.6 Å². The molecule has 0 radical (unpaired) electrons. The summed E-state index contributed by atoms with van der Waals surface area (Å²) in [5.74, 6) is -0.311. The third-order valence-corrected chi connectivity index (χ3v) is 3.86. The van der Waals surface area contributed by atoms with Crippen LogP contribution in [0.1, 0.15) is 30.7 Å². The number of aromatic nitrogens is 1. The van der Waals surface area contributed by atoms with Gasteiger partial charge in [-0.15, -0.1) is 0 Å². The molecule has 3 rings (SSSR count). The Kier molecular flexibility index (Phi) is 2.57. The van der Waals surface area contributed by atoms with Gasteiger partial charge in [0.05, 0.1) is 16.6 Å². The van der Waals surface area contributed by atoms with Gasteiger partial charge in [0.25, 0.3) is 5.69 Å². The smallest absolute Gasteiger partial charge is 0.291 e. The molecule has 1 aliphatic carbocycles. The van der Waals surface area contributed by atoms with Crippen LogP contribution in [0.3, 0.4) is 0 Å². The molecule has 0 bridgehead atoms. The first kappa shape index (κ1) is 11.6. The van der Waals surface area contributed by atoms with E-state index in [2.05, 4.69) is 4.98 Å². The fourth-order valence-electron chi connectivity index (χ4n) is 2.87. The lowest BCUT2D eigenvalue weighted by Crippen LogP contribution is -2.40. The number of ether oxygens (including phenoxy) is 1. The van der Waals surface area contributed by atoms with Crippen molar-refractivity contribution in [3.05, 3.63) is 34.1 Å². The minimum absolute atomic E-state index is 0.0293. The third-order valence-electron chi connectivity index (χ3n) is 3.86.